The van der Waals surface area contributed by atoms with Crippen LogP contribution in [0.1, 0.15) is 5.56 Å². The Labute approximate surface area is 138 Å². The number of ether oxygens (including phenoxy) is 1. The Morgan fingerprint density at radius 1 is 1.39 bits per heavy atom. The van der Waals surface area contributed by atoms with E-state index < -0.39 is 10.0 Å². The summed E-state index contributed by atoms with van der Waals surface area (Å²) in [5.41, 5.74) is 0.212. The molecule has 0 aliphatic rings. The molecule has 0 atom stereocenters. The largest absolute Gasteiger partial charge is 0.495 e. The van der Waals surface area contributed by atoms with Gasteiger partial charge in [-0.3, -0.25) is 4.79 Å². The van der Waals surface area contributed by atoms with Crippen molar-refractivity contribution >= 4 is 21.6 Å². The molecule has 0 radical (unpaired) electrons. The van der Waals surface area contributed by atoms with Crippen LogP contribution in [0.5, 0.6) is 5.75 Å². The first-order valence-corrected chi connectivity index (χ1v) is 8.57. The first kappa shape index (κ1) is 17.5. The van der Waals surface area contributed by atoms with Crippen molar-refractivity contribution in [2.75, 3.05) is 13.7 Å². The maximum absolute atomic E-state index is 12.4. The second kappa shape index (κ2) is 7.12. The van der Waals surface area contributed by atoms with Gasteiger partial charge in [-0.1, -0.05) is 11.6 Å². The maximum Gasteiger partial charge on any atom is 0.266 e. The number of benzene rings is 1. The number of nitrogens with zero attached hydrogens (tertiary/aromatic N) is 2. The quantitative estimate of drug-likeness (QED) is 0.838. The zero-order chi connectivity index (χ0) is 17.0. The number of hydrogen-bond donors (Lipinski definition) is 1. The van der Waals surface area contributed by atoms with E-state index in [0.29, 0.717) is 11.3 Å². The van der Waals surface area contributed by atoms with E-state index in [4.69, 9.17) is 16.3 Å². The van der Waals surface area contributed by atoms with Gasteiger partial charge in [0.25, 0.3) is 5.56 Å². The molecular formula is C14H16ClN3O4S. The molecule has 1 heterocycles. The summed E-state index contributed by atoms with van der Waals surface area (Å²) in [5.74, 6) is 0.406. The standard InChI is InChI=1S/C14H16ClN3O4S/c1-10-8-12(22-2)11(15)9-13(10)23(20,21)17-6-7-18-14(19)4-3-5-16-18/h3-5,8-9,17H,6-7H2,1-2H3. The van der Waals surface area contributed by atoms with Crippen LogP contribution in [0.15, 0.2) is 40.2 Å². The first-order valence-electron chi connectivity index (χ1n) is 6.71. The summed E-state index contributed by atoms with van der Waals surface area (Å²) in [7, 11) is -2.30. The average molecular weight is 358 g/mol. The van der Waals surface area contributed by atoms with E-state index in [1.54, 1.807) is 13.0 Å². The van der Waals surface area contributed by atoms with Crippen LogP contribution in [0.25, 0.3) is 0 Å². The number of hydrogen-bond acceptors (Lipinski definition) is 5. The lowest BCUT2D eigenvalue weighted by atomic mass is 10.2. The Balaban J connectivity index is 2.15. The molecule has 0 fully saturated rings. The molecule has 0 amide bonds. The van der Waals surface area contributed by atoms with Crippen LogP contribution in [-0.2, 0) is 16.6 Å². The van der Waals surface area contributed by atoms with Crippen molar-refractivity contribution in [2.45, 2.75) is 18.4 Å². The zero-order valence-electron chi connectivity index (χ0n) is 12.6. The third-order valence-corrected chi connectivity index (χ3v) is 5.04. The number of aryl methyl sites for hydroxylation is 1. The van der Waals surface area contributed by atoms with Crippen molar-refractivity contribution in [3.8, 4) is 5.75 Å². The lowest BCUT2D eigenvalue weighted by molar-refractivity contribution is 0.414. The second-order valence-corrected chi connectivity index (χ2v) is 6.88. The third-order valence-electron chi connectivity index (χ3n) is 3.14. The molecule has 23 heavy (non-hydrogen) atoms. The summed E-state index contributed by atoms with van der Waals surface area (Å²) in [6, 6.07) is 5.77. The molecule has 0 bridgehead atoms. The van der Waals surface area contributed by atoms with Gasteiger partial charge in [-0.25, -0.2) is 17.8 Å². The molecule has 1 aromatic carbocycles. The highest BCUT2D eigenvalue weighted by Crippen LogP contribution is 2.29. The lowest BCUT2D eigenvalue weighted by Gasteiger charge is -2.12. The molecule has 7 nitrogen and oxygen atoms in total. The Kier molecular flexibility index (Phi) is 5.40. The van der Waals surface area contributed by atoms with Crippen molar-refractivity contribution in [3.05, 3.63) is 51.4 Å². The van der Waals surface area contributed by atoms with E-state index >= 15 is 0 Å². The second-order valence-electron chi connectivity index (χ2n) is 4.74. The summed E-state index contributed by atoms with van der Waals surface area (Å²) in [5, 5.41) is 4.06. The van der Waals surface area contributed by atoms with Crippen LogP contribution in [0, 0.1) is 6.92 Å². The fourth-order valence-electron chi connectivity index (χ4n) is 2.00. The Morgan fingerprint density at radius 2 is 2.13 bits per heavy atom. The van der Waals surface area contributed by atoms with Gasteiger partial charge in [0.1, 0.15) is 5.75 Å². The maximum atomic E-state index is 12.4. The van der Waals surface area contributed by atoms with Crippen LogP contribution in [0.2, 0.25) is 5.02 Å². The smallest absolute Gasteiger partial charge is 0.266 e. The Morgan fingerprint density at radius 3 is 2.78 bits per heavy atom. The molecule has 0 saturated carbocycles. The minimum atomic E-state index is -3.75. The molecule has 0 saturated heterocycles. The Hall–Kier alpha value is -1.90. The van der Waals surface area contributed by atoms with E-state index in [1.807, 2.05) is 0 Å². The van der Waals surface area contributed by atoms with Crippen molar-refractivity contribution in [1.29, 1.82) is 0 Å². The average Bonchev–Trinajstić information content (AvgIpc) is 2.50. The predicted octanol–water partition coefficient (Wildman–Crippen LogP) is 1.19. The molecule has 124 valence electrons. The van der Waals surface area contributed by atoms with E-state index in [2.05, 4.69) is 9.82 Å². The van der Waals surface area contributed by atoms with Crippen LogP contribution in [-0.4, -0.2) is 31.9 Å². The first-order chi connectivity index (χ1) is 10.8. The highest BCUT2D eigenvalue weighted by atomic mass is 35.5. The fourth-order valence-corrected chi connectivity index (χ4v) is 3.58. The summed E-state index contributed by atoms with van der Waals surface area (Å²) in [4.78, 5) is 11.6. The predicted molar refractivity (Wildman–Crippen MR) is 86.4 cm³/mol. The van der Waals surface area contributed by atoms with Crippen molar-refractivity contribution in [3.63, 3.8) is 0 Å². The summed E-state index contributed by atoms with van der Waals surface area (Å²) < 4.78 is 33.4. The van der Waals surface area contributed by atoms with Crippen LogP contribution < -0.4 is 15.0 Å². The van der Waals surface area contributed by atoms with Gasteiger partial charge in [0.15, 0.2) is 0 Å². The van der Waals surface area contributed by atoms with Crippen LogP contribution >= 0.6 is 11.6 Å². The molecule has 1 aromatic heterocycles. The number of halogens is 1. The fraction of sp³-hybridized carbons (Fsp3) is 0.286. The van der Waals surface area contributed by atoms with Gasteiger partial charge in [-0.15, -0.1) is 0 Å². The van der Waals surface area contributed by atoms with Gasteiger partial charge in [0.2, 0.25) is 10.0 Å². The van der Waals surface area contributed by atoms with Crippen molar-refractivity contribution < 1.29 is 13.2 Å². The number of aromatic nitrogens is 2. The normalized spacial score (nSPS) is 11.4. The van der Waals surface area contributed by atoms with E-state index in [9.17, 15) is 13.2 Å². The van der Waals surface area contributed by atoms with E-state index in [0.717, 1.165) is 0 Å². The van der Waals surface area contributed by atoms with Gasteiger partial charge in [-0.2, -0.15) is 5.10 Å². The Bertz CT molecular complexity index is 865. The monoisotopic (exact) mass is 357 g/mol. The number of methoxy groups -OCH3 is 1. The molecule has 0 aliphatic heterocycles. The van der Waals surface area contributed by atoms with Crippen LogP contribution in [0.3, 0.4) is 0 Å². The molecule has 0 unspecified atom stereocenters. The minimum Gasteiger partial charge on any atom is -0.495 e. The van der Waals surface area contributed by atoms with Gasteiger partial charge in [0, 0.05) is 18.8 Å². The number of rotatable bonds is 6. The molecule has 9 heteroatoms. The van der Waals surface area contributed by atoms with E-state index in [1.165, 1.54) is 36.2 Å². The van der Waals surface area contributed by atoms with Crippen LogP contribution in [0.4, 0.5) is 0 Å². The highest BCUT2D eigenvalue weighted by Gasteiger charge is 2.19. The highest BCUT2D eigenvalue weighted by molar-refractivity contribution is 7.89. The van der Waals surface area contributed by atoms with Gasteiger partial charge < -0.3 is 4.74 Å². The summed E-state index contributed by atoms with van der Waals surface area (Å²) in [6.45, 7) is 1.81. The summed E-state index contributed by atoms with van der Waals surface area (Å²) in [6.07, 6.45) is 1.46. The number of sulfonamides is 1. The summed E-state index contributed by atoms with van der Waals surface area (Å²) >= 11 is 5.99. The van der Waals surface area contributed by atoms with Crippen molar-refractivity contribution in [1.82, 2.24) is 14.5 Å². The molecule has 1 N–H and O–H groups in total. The number of nitrogens with one attached hydrogen (secondary N) is 1. The molecular weight excluding hydrogens is 342 g/mol. The minimum absolute atomic E-state index is 0.0301. The topological polar surface area (TPSA) is 90.3 Å². The molecule has 2 aromatic rings. The SMILES string of the molecule is COc1cc(C)c(S(=O)(=O)NCCn2ncccc2=O)cc1Cl. The molecule has 0 aliphatic carbocycles. The zero-order valence-corrected chi connectivity index (χ0v) is 14.2. The van der Waals surface area contributed by atoms with Gasteiger partial charge in [0.05, 0.1) is 23.6 Å². The molecule has 2 rings (SSSR count). The van der Waals surface area contributed by atoms with E-state index in [-0.39, 0.29) is 28.6 Å². The lowest BCUT2D eigenvalue weighted by Crippen LogP contribution is -2.32. The van der Waals surface area contributed by atoms with Gasteiger partial charge in [-0.05, 0) is 30.7 Å². The molecule has 0 spiro atoms. The third kappa shape index (κ3) is 4.10. The van der Waals surface area contributed by atoms with Gasteiger partial charge >= 0.3 is 0 Å². The van der Waals surface area contributed by atoms with Crippen molar-refractivity contribution in [2.24, 2.45) is 0 Å².